The van der Waals surface area contributed by atoms with Crippen molar-refractivity contribution in [2.75, 3.05) is 0 Å². The normalized spacial score (nSPS) is 12.6. The fourth-order valence-corrected chi connectivity index (χ4v) is 2.19. The Morgan fingerprint density at radius 3 is 2.84 bits per heavy atom. The maximum atomic E-state index is 12.0. The van der Waals surface area contributed by atoms with Crippen molar-refractivity contribution in [1.29, 1.82) is 0 Å². The van der Waals surface area contributed by atoms with Gasteiger partial charge in [0.1, 0.15) is 6.54 Å². The van der Waals surface area contributed by atoms with E-state index in [0.29, 0.717) is 13.1 Å². The molecule has 2 aromatic rings. The van der Waals surface area contributed by atoms with Crippen LogP contribution in [0.1, 0.15) is 25.8 Å². The molecule has 0 radical (unpaired) electrons. The van der Waals surface area contributed by atoms with E-state index in [1.807, 2.05) is 42.0 Å². The summed E-state index contributed by atoms with van der Waals surface area (Å²) in [6.45, 7) is 4.89. The van der Waals surface area contributed by atoms with Crippen LogP contribution in [0.3, 0.4) is 0 Å². The molecule has 2 rings (SSSR count). The van der Waals surface area contributed by atoms with E-state index < -0.39 is 0 Å². The highest BCUT2D eigenvalue weighted by Crippen LogP contribution is 2.20. The number of para-hydroxylation sites is 1. The first-order chi connectivity index (χ1) is 9.15. The summed E-state index contributed by atoms with van der Waals surface area (Å²) in [5.41, 5.74) is 7.88. The topological polar surface area (TPSA) is 60.0 Å². The van der Waals surface area contributed by atoms with Crippen LogP contribution >= 0.6 is 0 Å². The van der Waals surface area contributed by atoms with Crippen molar-refractivity contribution in [3.05, 3.63) is 36.0 Å². The zero-order chi connectivity index (χ0) is 13.8. The van der Waals surface area contributed by atoms with Crippen molar-refractivity contribution >= 4 is 16.8 Å². The van der Waals surface area contributed by atoms with Gasteiger partial charge in [-0.25, -0.2) is 0 Å². The number of nitrogens with two attached hydrogens (primary N) is 1. The Kier molecular flexibility index (Phi) is 4.22. The first-order valence-corrected chi connectivity index (χ1v) is 6.71. The zero-order valence-electron chi connectivity index (χ0n) is 11.5. The Morgan fingerprint density at radius 2 is 2.16 bits per heavy atom. The predicted molar refractivity (Wildman–Crippen MR) is 77.7 cm³/mol. The van der Waals surface area contributed by atoms with Crippen molar-refractivity contribution in [3.63, 3.8) is 0 Å². The molecule has 4 nitrogen and oxygen atoms in total. The molecule has 0 bridgehead atoms. The number of nitrogens with one attached hydrogen (secondary N) is 1. The number of benzene rings is 1. The summed E-state index contributed by atoms with van der Waals surface area (Å²) in [5.74, 6) is 0.0404. The zero-order valence-corrected chi connectivity index (χ0v) is 11.5. The molecule has 0 fully saturated rings. The van der Waals surface area contributed by atoms with E-state index in [2.05, 4.69) is 12.2 Å². The van der Waals surface area contributed by atoms with E-state index in [4.69, 9.17) is 5.73 Å². The molecule has 0 aliphatic rings. The van der Waals surface area contributed by atoms with E-state index in [9.17, 15) is 4.79 Å². The summed E-state index contributed by atoms with van der Waals surface area (Å²) in [5, 5.41) is 4.11. The molecular formula is C15H21N3O. The highest BCUT2D eigenvalue weighted by Gasteiger charge is 2.11. The number of amides is 1. The molecule has 1 aromatic carbocycles. The van der Waals surface area contributed by atoms with Gasteiger partial charge in [-0.2, -0.15) is 0 Å². The first-order valence-electron chi connectivity index (χ1n) is 6.71. The Morgan fingerprint density at radius 1 is 1.42 bits per heavy atom. The second-order valence-corrected chi connectivity index (χ2v) is 4.88. The highest BCUT2D eigenvalue weighted by atomic mass is 16.2. The third-order valence-electron chi connectivity index (χ3n) is 3.42. The lowest BCUT2D eigenvalue weighted by Crippen LogP contribution is -2.34. The van der Waals surface area contributed by atoms with Gasteiger partial charge < -0.3 is 15.6 Å². The lowest BCUT2D eigenvalue weighted by atomic mass is 10.2. The van der Waals surface area contributed by atoms with E-state index in [-0.39, 0.29) is 11.9 Å². The van der Waals surface area contributed by atoms with Crippen molar-refractivity contribution in [2.24, 2.45) is 5.73 Å². The lowest BCUT2D eigenvalue weighted by Gasteiger charge is -2.12. The average Bonchev–Trinajstić information content (AvgIpc) is 2.77. The summed E-state index contributed by atoms with van der Waals surface area (Å²) < 4.78 is 1.97. The maximum Gasteiger partial charge on any atom is 0.240 e. The van der Waals surface area contributed by atoms with Gasteiger partial charge in [0.25, 0.3) is 0 Å². The van der Waals surface area contributed by atoms with Crippen molar-refractivity contribution in [2.45, 2.75) is 39.4 Å². The molecule has 4 heteroatoms. The van der Waals surface area contributed by atoms with Gasteiger partial charge in [-0.1, -0.05) is 25.1 Å². The largest absolute Gasteiger partial charge is 0.352 e. The number of carbonyl (C=O) groups excluding carboxylic acids is 1. The van der Waals surface area contributed by atoms with Crippen LogP contribution in [0.2, 0.25) is 0 Å². The van der Waals surface area contributed by atoms with Gasteiger partial charge in [0.15, 0.2) is 0 Å². The first kappa shape index (κ1) is 13.6. The second kappa shape index (κ2) is 5.89. The fourth-order valence-electron chi connectivity index (χ4n) is 2.19. The Hall–Kier alpha value is -1.81. The Balaban J connectivity index is 2.23. The molecule has 0 aliphatic heterocycles. The summed E-state index contributed by atoms with van der Waals surface area (Å²) in [4.78, 5) is 12.0. The summed E-state index contributed by atoms with van der Waals surface area (Å²) in [7, 11) is 0. The molecule has 0 aliphatic carbocycles. The van der Waals surface area contributed by atoms with Crippen molar-refractivity contribution < 1.29 is 4.79 Å². The van der Waals surface area contributed by atoms with Gasteiger partial charge in [0, 0.05) is 29.7 Å². The number of carbonyl (C=O) groups is 1. The lowest BCUT2D eigenvalue weighted by molar-refractivity contribution is -0.122. The number of nitrogens with zero attached hydrogens (tertiary/aromatic N) is 1. The monoisotopic (exact) mass is 259 g/mol. The molecule has 0 saturated heterocycles. The maximum absolute atomic E-state index is 12.0. The van der Waals surface area contributed by atoms with Crippen LogP contribution in [0.5, 0.6) is 0 Å². The number of aromatic nitrogens is 1. The minimum absolute atomic E-state index is 0.0404. The van der Waals surface area contributed by atoms with Crippen molar-refractivity contribution in [1.82, 2.24) is 9.88 Å². The minimum atomic E-state index is 0.0404. The molecule has 102 valence electrons. The number of fused-ring (bicyclic) bond motifs is 1. The molecule has 19 heavy (non-hydrogen) atoms. The summed E-state index contributed by atoms with van der Waals surface area (Å²) >= 11 is 0. The number of hydrogen-bond acceptors (Lipinski definition) is 2. The molecular weight excluding hydrogens is 238 g/mol. The second-order valence-electron chi connectivity index (χ2n) is 4.88. The van der Waals surface area contributed by atoms with Crippen LogP contribution in [0.4, 0.5) is 0 Å². The average molecular weight is 259 g/mol. The van der Waals surface area contributed by atoms with Crippen LogP contribution in [0.25, 0.3) is 10.9 Å². The predicted octanol–water partition coefficient (Wildman–Crippen LogP) is 2.01. The molecule has 1 amide bonds. The third-order valence-corrected chi connectivity index (χ3v) is 3.42. The van der Waals surface area contributed by atoms with Crippen LogP contribution in [-0.4, -0.2) is 16.5 Å². The van der Waals surface area contributed by atoms with Gasteiger partial charge in [-0.05, 0) is 25.0 Å². The van der Waals surface area contributed by atoms with Gasteiger partial charge >= 0.3 is 0 Å². The van der Waals surface area contributed by atoms with E-state index >= 15 is 0 Å². The van der Waals surface area contributed by atoms with Crippen LogP contribution in [0.15, 0.2) is 30.5 Å². The smallest absolute Gasteiger partial charge is 0.240 e. The van der Waals surface area contributed by atoms with E-state index in [1.165, 1.54) is 0 Å². The van der Waals surface area contributed by atoms with Crippen LogP contribution in [-0.2, 0) is 17.9 Å². The molecule has 1 aromatic heterocycles. The number of rotatable bonds is 5. The minimum Gasteiger partial charge on any atom is -0.352 e. The Bertz CT molecular complexity index is 574. The van der Waals surface area contributed by atoms with Crippen LogP contribution < -0.4 is 11.1 Å². The Labute approximate surface area is 113 Å². The van der Waals surface area contributed by atoms with Crippen molar-refractivity contribution in [3.8, 4) is 0 Å². The van der Waals surface area contributed by atoms with E-state index in [1.54, 1.807) is 0 Å². The van der Waals surface area contributed by atoms with E-state index in [0.717, 1.165) is 22.9 Å². The van der Waals surface area contributed by atoms with Gasteiger partial charge in [0.05, 0.1) is 0 Å². The van der Waals surface area contributed by atoms with Gasteiger partial charge in [-0.15, -0.1) is 0 Å². The summed E-state index contributed by atoms with van der Waals surface area (Å²) in [6.07, 6.45) is 2.91. The molecule has 0 spiro atoms. The van der Waals surface area contributed by atoms with Gasteiger partial charge in [0.2, 0.25) is 5.91 Å². The fraction of sp³-hybridized carbons (Fsp3) is 0.400. The SMILES string of the molecule is CCC(C)NC(=O)Cn1cc(CN)c2ccccc21. The molecule has 3 N–H and O–H groups in total. The standard InChI is InChI=1S/C15H21N3O/c1-3-11(2)17-15(19)10-18-9-12(8-16)13-6-4-5-7-14(13)18/h4-7,9,11H,3,8,10,16H2,1-2H3,(H,17,19). The molecule has 1 atom stereocenters. The summed E-state index contributed by atoms with van der Waals surface area (Å²) in [6, 6.07) is 8.24. The molecule has 1 unspecified atom stereocenters. The molecule has 0 saturated carbocycles. The number of hydrogen-bond donors (Lipinski definition) is 2. The van der Waals surface area contributed by atoms with Crippen LogP contribution in [0, 0.1) is 0 Å². The highest BCUT2D eigenvalue weighted by molar-refractivity contribution is 5.86. The third kappa shape index (κ3) is 2.96. The molecule has 1 heterocycles. The quantitative estimate of drug-likeness (QED) is 0.863. The van der Waals surface area contributed by atoms with Gasteiger partial charge in [-0.3, -0.25) is 4.79 Å².